The van der Waals surface area contributed by atoms with Crippen LogP contribution in [0.4, 0.5) is 0 Å². The quantitative estimate of drug-likeness (QED) is 0.0321. The molecule has 2 unspecified atom stereocenters. The third kappa shape index (κ3) is 55.7. The molecule has 0 aromatic heterocycles. The third-order valence-corrected chi connectivity index (χ3v) is 14.8. The summed E-state index contributed by atoms with van der Waals surface area (Å²) in [5, 5.41) is 23.3. The highest BCUT2D eigenvalue weighted by Gasteiger charge is 2.20. The number of amides is 1. The molecule has 0 aliphatic heterocycles. The predicted molar refractivity (Wildman–Crippen MR) is 306 cm³/mol. The molecule has 3 N–H and O–H groups in total. The lowest BCUT2D eigenvalue weighted by atomic mass is 10.0. The van der Waals surface area contributed by atoms with E-state index >= 15 is 0 Å². The highest BCUT2D eigenvalue weighted by molar-refractivity contribution is 5.76. The van der Waals surface area contributed by atoms with E-state index in [4.69, 9.17) is 4.74 Å². The number of unbranched alkanes of at least 4 members (excludes halogenated alkanes) is 44. The first-order chi connectivity index (χ1) is 34.5. The molecular formula is C64H123NO5. The van der Waals surface area contributed by atoms with Crippen LogP contribution in [0.25, 0.3) is 0 Å². The summed E-state index contributed by atoms with van der Waals surface area (Å²) in [5.41, 5.74) is 0. The second kappa shape index (κ2) is 59.9. The van der Waals surface area contributed by atoms with Crippen molar-refractivity contribution in [1.29, 1.82) is 0 Å². The van der Waals surface area contributed by atoms with Crippen molar-refractivity contribution in [2.45, 2.75) is 360 Å². The molecule has 0 aromatic rings. The van der Waals surface area contributed by atoms with E-state index in [1.807, 2.05) is 0 Å². The Kier molecular flexibility index (Phi) is 58.5. The van der Waals surface area contributed by atoms with Crippen LogP contribution in [-0.2, 0) is 14.3 Å². The zero-order valence-corrected chi connectivity index (χ0v) is 47.3. The van der Waals surface area contributed by atoms with Crippen molar-refractivity contribution in [3.05, 3.63) is 24.3 Å². The van der Waals surface area contributed by atoms with Gasteiger partial charge in [0.2, 0.25) is 5.91 Å². The molecular weight excluding hydrogens is 863 g/mol. The zero-order valence-electron chi connectivity index (χ0n) is 47.3. The Hall–Kier alpha value is -1.66. The van der Waals surface area contributed by atoms with Gasteiger partial charge < -0.3 is 20.3 Å². The van der Waals surface area contributed by atoms with Crippen LogP contribution in [0.15, 0.2) is 24.3 Å². The molecule has 414 valence electrons. The summed E-state index contributed by atoms with van der Waals surface area (Å²) < 4.78 is 5.47. The van der Waals surface area contributed by atoms with Crippen LogP contribution >= 0.6 is 0 Å². The van der Waals surface area contributed by atoms with Crippen molar-refractivity contribution in [3.8, 4) is 0 Å². The van der Waals surface area contributed by atoms with E-state index in [1.54, 1.807) is 0 Å². The van der Waals surface area contributed by atoms with Gasteiger partial charge >= 0.3 is 5.97 Å². The molecule has 0 aromatic carbocycles. The van der Waals surface area contributed by atoms with Crippen LogP contribution in [0.3, 0.4) is 0 Å². The van der Waals surface area contributed by atoms with E-state index in [9.17, 15) is 19.8 Å². The molecule has 0 bridgehead atoms. The maximum Gasteiger partial charge on any atom is 0.305 e. The van der Waals surface area contributed by atoms with Gasteiger partial charge in [-0.05, 0) is 57.8 Å². The van der Waals surface area contributed by atoms with Gasteiger partial charge in [0, 0.05) is 12.8 Å². The standard InChI is InChI=1S/C64H123NO5/c1-3-5-7-9-11-13-15-17-18-19-27-30-33-36-40-44-48-52-56-62(67)61(60-66)65-63(68)57-53-49-45-41-37-34-31-28-25-23-21-20-22-24-26-29-32-35-39-43-47-51-55-59-70-64(69)58-54-50-46-42-38-16-14-12-10-8-6-4-2/h20,22-23,25,61-62,66-67H,3-19,21,24,26-60H2,1-2H3,(H,65,68)/b22-20-,25-23-. The number of hydrogen-bond donors (Lipinski definition) is 3. The molecule has 6 nitrogen and oxygen atoms in total. The monoisotopic (exact) mass is 986 g/mol. The lowest BCUT2D eigenvalue weighted by Gasteiger charge is -2.22. The summed E-state index contributed by atoms with van der Waals surface area (Å²) in [4.78, 5) is 24.5. The molecule has 0 heterocycles. The van der Waals surface area contributed by atoms with Gasteiger partial charge in [0.1, 0.15) is 0 Å². The molecule has 1 amide bonds. The van der Waals surface area contributed by atoms with Crippen LogP contribution in [0, 0.1) is 0 Å². The number of carbonyl (C=O) groups excluding carboxylic acids is 2. The lowest BCUT2D eigenvalue weighted by Crippen LogP contribution is -2.45. The predicted octanol–water partition coefficient (Wildman–Crippen LogP) is 19.8. The van der Waals surface area contributed by atoms with Crippen molar-refractivity contribution in [2.75, 3.05) is 13.2 Å². The van der Waals surface area contributed by atoms with Gasteiger partial charge in [0.05, 0.1) is 25.4 Å². The summed E-state index contributed by atoms with van der Waals surface area (Å²) >= 11 is 0. The molecule has 0 rings (SSSR count). The first-order valence-corrected chi connectivity index (χ1v) is 31.6. The summed E-state index contributed by atoms with van der Waals surface area (Å²) in [6, 6.07) is -0.549. The summed E-state index contributed by atoms with van der Waals surface area (Å²) in [6.45, 7) is 4.97. The van der Waals surface area contributed by atoms with E-state index in [-0.39, 0.29) is 18.5 Å². The number of nitrogens with one attached hydrogen (secondary N) is 1. The van der Waals surface area contributed by atoms with Gasteiger partial charge in [0.25, 0.3) is 0 Å². The first kappa shape index (κ1) is 68.3. The van der Waals surface area contributed by atoms with Gasteiger partial charge in [-0.25, -0.2) is 0 Å². The van der Waals surface area contributed by atoms with Crippen LogP contribution < -0.4 is 5.32 Å². The summed E-state index contributed by atoms with van der Waals surface area (Å²) in [6.07, 6.45) is 73.3. The Morgan fingerprint density at radius 2 is 0.714 bits per heavy atom. The molecule has 0 aliphatic rings. The van der Waals surface area contributed by atoms with Crippen LogP contribution in [-0.4, -0.2) is 47.4 Å². The van der Waals surface area contributed by atoms with Crippen molar-refractivity contribution >= 4 is 11.9 Å². The van der Waals surface area contributed by atoms with Crippen LogP contribution in [0.2, 0.25) is 0 Å². The van der Waals surface area contributed by atoms with Crippen LogP contribution in [0.1, 0.15) is 348 Å². The molecule has 2 atom stereocenters. The molecule has 0 saturated heterocycles. The van der Waals surface area contributed by atoms with E-state index in [1.165, 1.54) is 270 Å². The van der Waals surface area contributed by atoms with Crippen LogP contribution in [0.5, 0.6) is 0 Å². The normalized spacial score (nSPS) is 12.7. The Balaban J connectivity index is 3.45. The summed E-state index contributed by atoms with van der Waals surface area (Å²) in [5.74, 6) is -0.0344. The topological polar surface area (TPSA) is 95.9 Å². The number of carbonyl (C=O) groups is 2. The van der Waals surface area contributed by atoms with Gasteiger partial charge in [-0.1, -0.05) is 301 Å². The van der Waals surface area contributed by atoms with Gasteiger partial charge in [0.15, 0.2) is 0 Å². The fraction of sp³-hybridized carbons (Fsp3) is 0.906. The fourth-order valence-electron chi connectivity index (χ4n) is 9.91. The summed E-state index contributed by atoms with van der Waals surface area (Å²) in [7, 11) is 0. The van der Waals surface area contributed by atoms with Crippen molar-refractivity contribution < 1.29 is 24.5 Å². The Morgan fingerprint density at radius 1 is 0.400 bits per heavy atom. The average molecular weight is 987 g/mol. The molecule has 6 heteroatoms. The second-order valence-electron chi connectivity index (χ2n) is 21.7. The largest absolute Gasteiger partial charge is 0.466 e. The Morgan fingerprint density at radius 3 is 1.09 bits per heavy atom. The SMILES string of the molecule is CCCCCCCCCCCCCCCCCCCCC(O)C(CO)NC(=O)CCCCCCCCC/C=C\C/C=C\CCCCCCCCCCCOC(=O)CCCCCCCCCCCCCC. The van der Waals surface area contributed by atoms with Crippen molar-refractivity contribution in [1.82, 2.24) is 5.32 Å². The Labute approximate surface area is 437 Å². The molecule has 70 heavy (non-hydrogen) atoms. The molecule has 0 fully saturated rings. The highest BCUT2D eigenvalue weighted by atomic mass is 16.5. The second-order valence-corrected chi connectivity index (χ2v) is 21.7. The maximum atomic E-state index is 12.5. The number of aliphatic hydroxyl groups is 2. The van der Waals surface area contributed by atoms with E-state index in [0.717, 1.165) is 44.9 Å². The van der Waals surface area contributed by atoms with Crippen molar-refractivity contribution in [3.63, 3.8) is 0 Å². The molecule has 0 spiro atoms. The maximum absolute atomic E-state index is 12.5. The van der Waals surface area contributed by atoms with E-state index in [0.29, 0.717) is 25.9 Å². The van der Waals surface area contributed by atoms with Crippen molar-refractivity contribution in [2.24, 2.45) is 0 Å². The number of rotatable bonds is 59. The fourth-order valence-corrected chi connectivity index (χ4v) is 9.91. The minimum atomic E-state index is -0.671. The lowest BCUT2D eigenvalue weighted by molar-refractivity contribution is -0.143. The Bertz CT molecular complexity index is 1090. The van der Waals surface area contributed by atoms with Gasteiger partial charge in [-0.2, -0.15) is 0 Å². The van der Waals surface area contributed by atoms with E-state index in [2.05, 4.69) is 43.5 Å². The number of allylic oxidation sites excluding steroid dienone is 4. The molecule has 0 aliphatic carbocycles. The number of esters is 1. The third-order valence-electron chi connectivity index (χ3n) is 14.8. The zero-order chi connectivity index (χ0) is 50.7. The molecule has 0 saturated carbocycles. The smallest absolute Gasteiger partial charge is 0.305 e. The average Bonchev–Trinajstić information content (AvgIpc) is 3.36. The first-order valence-electron chi connectivity index (χ1n) is 31.6. The number of aliphatic hydroxyl groups excluding tert-OH is 2. The van der Waals surface area contributed by atoms with Gasteiger partial charge in [-0.3, -0.25) is 9.59 Å². The minimum Gasteiger partial charge on any atom is -0.466 e. The number of hydrogen-bond acceptors (Lipinski definition) is 5. The molecule has 0 radical (unpaired) electrons. The van der Waals surface area contributed by atoms with E-state index < -0.39 is 12.1 Å². The number of ether oxygens (including phenoxy) is 1. The minimum absolute atomic E-state index is 0.00819. The van der Waals surface area contributed by atoms with Gasteiger partial charge in [-0.15, -0.1) is 0 Å². The highest BCUT2D eigenvalue weighted by Crippen LogP contribution is 2.18.